The topological polar surface area (TPSA) is 17.1 Å². The molecule has 0 aliphatic heterocycles. The quantitative estimate of drug-likeness (QED) is 0.527. The molecule has 1 nitrogen and oxygen atoms in total. The highest BCUT2D eigenvalue weighted by molar-refractivity contribution is 6.04. The van der Waals surface area contributed by atoms with Crippen LogP contribution in [0.25, 0.3) is 0 Å². The number of allylic oxidation sites excluding steroid dienone is 2. The number of hydrogen-bond acceptors (Lipinski definition) is 1. The van der Waals surface area contributed by atoms with Crippen LogP contribution in [0.2, 0.25) is 0 Å². The summed E-state index contributed by atoms with van der Waals surface area (Å²) in [5, 5.41) is 0. The van der Waals surface area contributed by atoms with Crippen molar-refractivity contribution in [3.63, 3.8) is 0 Å². The van der Waals surface area contributed by atoms with E-state index in [1.165, 1.54) is 5.56 Å². The molecule has 1 aromatic rings. The first-order chi connectivity index (χ1) is 6.95. The largest absolute Gasteiger partial charge is 0.289 e. The highest BCUT2D eigenvalue weighted by Crippen LogP contribution is 2.22. The molecule has 0 aromatic heterocycles. The summed E-state index contributed by atoms with van der Waals surface area (Å²) in [6.45, 7) is 8.29. The highest BCUT2D eigenvalue weighted by atomic mass is 16.1. The summed E-state index contributed by atoms with van der Waals surface area (Å²) in [5.41, 5.74) is 2.05. The molecule has 80 valence electrons. The van der Waals surface area contributed by atoms with Crippen molar-refractivity contribution in [1.82, 2.24) is 0 Å². The summed E-state index contributed by atoms with van der Waals surface area (Å²) in [7, 11) is 0. The lowest BCUT2D eigenvalue weighted by Crippen LogP contribution is -2.11. The van der Waals surface area contributed by atoms with Gasteiger partial charge in [0.15, 0.2) is 5.78 Å². The van der Waals surface area contributed by atoms with Crippen molar-refractivity contribution in [3.05, 3.63) is 47.5 Å². The first kappa shape index (κ1) is 11.7. The summed E-state index contributed by atoms with van der Waals surface area (Å²) in [6.07, 6.45) is 3.37. The molecule has 0 N–H and O–H groups in total. The zero-order valence-electron chi connectivity index (χ0n) is 9.87. The van der Waals surface area contributed by atoms with Crippen molar-refractivity contribution in [2.24, 2.45) is 0 Å². The summed E-state index contributed by atoms with van der Waals surface area (Å²) < 4.78 is 0. The van der Waals surface area contributed by atoms with E-state index in [0.717, 1.165) is 5.56 Å². The first-order valence-electron chi connectivity index (χ1n) is 5.22. The van der Waals surface area contributed by atoms with Crippen molar-refractivity contribution < 1.29 is 4.79 Å². The van der Waals surface area contributed by atoms with Crippen LogP contribution in [-0.2, 0) is 5.41 Å². The Labute approximate surface area is 91.8 Å². The van der Waals surface area contributed by atoms with Crippen LogP contribution in [0.3, 0.4) is 0 Å². The van der Waals surface area contributed by atoms with Crippen molar-refractivity contribution >= 4 is 5.78 Å². The zero-order valence-corrected chi connectivity index (χ0v) is 9.87. The molecule has 1 rings (SSSR count). The van der Waals surface area contributed by atoms with Gasteiger partial charge in [-0.05, 0) is 30.0 Å². The molecule has 0 atom stereocenters. The molecule has 0 aliphatic carbocycles. The summed E-state index contributed by atoms with van der Waals surface area (Å²) in [6, 6.07) is 7.84. The SMILES string of the molecule is C/C=C/C(=O)c1cccc(C(C)(C)C)c1. The van der Waals surface area contributed by atoms with Gasteiger partial charge in [0, 0.05) is 5.56 Å². The molecule has 0 amide bonds. The lowest BCUT2D eigenvalue weighted by atomic mass is 9.86. The molecule has 15 heavy (non-hydrogen) atoms. The van der Waals surface area contributed by atoms with Crippen LogP contribution in [0.1, 0.15) is 43.6 Å². The number of hydrogen-bond donors (Lipinski definition) is 0. The second-order valence-electron chi connectivity index (χ2n) is 4.70. The Morgan fingerprint density at radius 1 is 1.27 bits per heavy atom. The first-order valence-corrected chi connectivity index (χ1v) is 5.22. The van der Waals surface area contributed by atoms with Crippen LogP contribution in [-0.4, -0.2) is 5.78 Å². The Hall–Kier alpha value is -1.37. The van der Waals surface area contributed by atoms with Gasteiger partial charge in [0.1, 0.15) is 0 Å². The van der Waals surface area contributed by atoms with E-state index in [9.17, 15) is 4.79 Å². The fraction of sp³-hybridized carbons (Fsp3) is 0.357. The van der Waals surface area contributed by atoms with Crippen LogP contribution >= 0.6 is 0 Å². The number of carbonyl (C=O) groups is 1. The number of ketones is 1. The number of benzene rings is 1. The lowest BCUT2D eigenvalue weighted by molar-refractivity contribution is 0.104. The van der Waals surface area contributed by atoms with Crippen molar-refractivity contribution in [3.8, 4) is 0 Å². The van der Waals surface area contributed by atoms with Gasteiger partial charge in [-0.1, -0.05) is 45.0 Å². The summed E-state index contributed by atoms with van der Waals surface area (Å²) in [4.78, 5) is 11.6. The molecule has 0 fully saturated rings. The second-order valence-corrected chi connectivity index (χ2v) is 4.70. The van der Waals surface area contributed by atoms with Gasteiger partial charge in [0.05, 0.1) is 0 Å². The Morgan fingerprint density at radius 2 is 1.93 bits per heavy atom. The summed E-state index contributed by atoms with van der Waals surface area (Å²) >= 11 is 0. The monoisotopic (exact) mass is 202 g/mol. The molecular formula is C14H18O. The van der Waals surface area contributed by atoms with E-state index in [4.69, 9.17) is 0 Å². The van der Waals surface area contributed by atoms with Gasteiger partial charge >= 0.3 is 0 Å². The second kappa shape index (κ2) is 4.43. The summed E-state index contributed by atoms with van der Waals surface area (Å²) in [5.74, 6) is 0.0728. The molecule has 1 heteroatoms. The van der Waals surface area contributed by atoms with Crippen LogP contribution in [0.4, 0.5) is 0 Å². The Balaban J connectivity index is 3.08. The van der Waals surface area contributed by atoms with E-state index < -0.39 is 0 Å². The fourth-order valence-electron chi connectivity index (χ4n) is 1.39. The third-order valence-corrected chi connectivity index (χ3v) is 2.33. The average molecular weight is 202 g/mol. The van der Waals surface area contributed by atoms with E-state index in [2.05, 4.69) is 26.8 Å². The molecule has 0 aliphatic rings. The molecular weight excluding hydrogens is 184 g/mol. The minimum Gasteiger partial charge on any atom is -0.289 e. The molecule has 0 bridgehead atoms. The van der Waals surface area contributed by atoms with Crippen LogP contribution < -0.4 is 0 Å². The molecule has 0 heterocycles. The third kappa shape index (κ3) is 3.05. The van der Waals surface area contributed by atoms with Crippen LogP contribution in [0.15, 0.2) is 36.4 Å². The van der Waals surface area contributed by atoms with Gasteiger partial charge in [-0.2, -0.15) is 0 Å². The third-order valence-electron chi connectivity index (χ3n) is 2.33. The standard InChI is InChI=1S/C14H18O/c1-5-7-13(15)11-8-6-9-12(10-11)14(2,3)4/h5-10H,1-4H3/b7-5+. The van der Waals surface area contributed by atoms with E-state index in [0.29, 0.717) is 0 Å². The molecule has 1 aromatic carbocycles. The van der Waals surface area contributed by atoms with Crippen LogP contribution in [0.5, 0.6) is 0 Å². The van der Waals surface area contributed by atoms with Crippen molar-refractivity contribution in [2.45, 2.75) is 33.1 Å². The average Bonchev–Trinajstić information content (AvgIpc) is 2.17. The maximum Gasteiger partial charge on any atom is 0.185 e. The maximum absolute atomic E-state index is 11.6. The predicted molar refractivity (Wildman–Crippen MR) is 64.3 cm³/mol. The van der Waals surface area contributed by atoms with Gasteiger partial charge < -0.3 is 0 Å². The van der Waals surface area contributed by atoms with Crippen molar-refractivity contribution in [2.75, 3.05) is 0 Å². The molecule has 0 unspecified atom stereocenters. The fourth-order valence-corrected chi connectivity index (χ4v) is 1.39. The van der Waals surface area contributed by atoms with Crippen LogP contribution in [0, 0.1) is 0 Å². The number of carbonyl (C=O) groups excluding carboxylic acids is 1. The zero-order chi connectivity index (χ0) is 11.5. The Kier molecular flexibility index (Phi) is 3.46. The van der Waals surface area contributed by atoms with Gasteiger partial charge in [-0.15, -0.1) is 0 Å². The lowest BCUT2D eigenvalue weighted by Gasteiger charge is -2.19. The highest BCUT2D eigenvalue weighted by Gasteiger charge is 2.14. The molecule has 0 spiro atoms. The van der Waals surface area contributed by atoms with E-state index in [-0.39, 0.29) is 11.2 Å². The molecule has 0 radical (unpaired) electrons. The van der Waals surface area contributed by atoms with E-state index >= 15 is 0 Å². The Bertz CT molecular complexity index is 381. The van der Waals surface area contributed by atoms with E-state index in [1.54, 1.807) is 12.2 Å². The maximum atomic E-state index is 11.6. The van der Waals surface area contributed by atoms with E-state index in [1.807, 2.05) is 25.1 Å². The molecule has 0 saturated carbocycles. The minimum atomic E-state index is 0.0728. The van der Waals surface area contributed by atoms with Gasteiger partial charge in [0.25, 0.3) is 0 Å². The van der Waals surface area contributed by atoms with Gasteiger partial charge in [-0.25, -0.2) is 0 Å². The normalized spacial score (nSPS) is 12.0. The predicted octanol–water partition coefficient (Wildman–Crippen LogP) is 3.74. The van der Waals surface area contributed by atoms with Crippen molar-refractivity contribution in [1.29, 1.82) is 0 Å². The Morgan fingerprint density at radius 3 is 2.47 bits per heavy atom. The molecule has 0 saturated heterocycles. The number of rotatable bonds is 2. The van der Waals surface area contributed by atoms with Gasteiger partial charge in [0.2, 0.25) is 0 Å². The van der Waals surface area contributed by atoms with Gasteiger partial charge in [-0.3, -0.25) is 4.79 Å². The minimum absolute atomic E-state index is 0.0728. The smallest absolute Gasteiger partial charge is 0.185 e.